The summed E-state index contributed by atoms with van der Waals surface area (Å²) in [4.78, 5) is 32.7. The minimum absolute atomic E-state index is 0.0446. The summed E-state index contributed by atoms with van der Waals surface area (Å²) in [6.07, 6.45) is 4.36. The molecule has 6 nitrogen and oxygen atoms in total. The zero-order valence-corrected chi connectivity index (χ0v) is 18.4. The molecule has 1 heterocycles. The molecule has 1 unspecified atom stereocenters. The highest BCUT2D eigenvalue weighted by Gasteiger charge is 2.21. The number of hydrogen-bond donors (Lipinski definition) is 2. The number of methoxy groups -OCH3 is 1. The Bertz CT molecular complexity index is 1120. The molecule has 0 radical (unpaired) electrons. The van der Waals surface area contributed by atoms with Gasteiger partial charge in [-0.15, -0.1) is 0 Å². The first-order valence-corrected chi connectivity index (χ1v) is 11.2. The molecular formula is C26H29N3O3. The Kier molecular flexibility index (Phi) is 7.00. The van der Waals surface area contributed by atoms with Crippen LogP contribution in [0.2, 0.25) is 0 Å². The topological polar surface area (TPSA) is 84.1 Å². The number of nitrogens with zero attached hydrogens (tertiary/aromatic N) is 1. The second-order valence-corrected chi connectivity index (χ2v) is 8.30. The molecule has 3 aromatic rings. The Morgan fingerprint density at radius 2 is 1.94 bits per heavy atom. The van der Waals surface area contributed by atoms with Crippen LogP contribution in [-0.2, 0) is 24.1 Å². The highest BCUT2D eigenvalue weighted by Crippen LogP contribution is 2.23. The number of nitrogens with one attached hydrogen (secondary N) is 2. The fraction of sp³-hybridized carbons (Fsp3) is 0.346. The largest absolute Gasteiger partial charge is 0.497 e. The molecule has 6 heteroatoms. The molecule has 0 saturated heterocycles. The number of H-pyrrole nitrogens is 1. The third kappa shape index (κ3) is 5.44. The van der Waals surface area contributed by atoms with E-state index in [4.69, 9.17) is 9.72 Å². The van der Waals surface area contributed by atoms with Crippen LogP contribution in [0, 0.1) is 5.92 Å². The van der Waals surface area contributed by atoms with Gasteiger partial charge in [0, 0.05) is 24.1 Å². The molecular weight excluding hydrogens is 402 g/mol. The number of benzene rings is 2. The van der Waals surface area contributed by atoms with Crippen LogP contribution in [0.4, 0.5) is 0 Å². The predicted molar refractivity (Wildman–Crippen MR) is 125 cm³/mol. The first kappa shape index (κ1) is 21.8. The molecule has 1 atom stereocenters. The number of amides is 1. The molecule has 32 heavy (non-hydrogen) atoms. The van der Waals surface area contributed by atoms with E-state index in [2.05, 4.69) is 10.3 Å². The van der Waals surface area contributed by atoms with Crippen molar-refractivity contribution in [3.63, 3.8) is 0 Å². The number of aromatic amines is 1. The zero-order valence-electron chi connectivity index (χ0n) is 18.4. The summed E-state index contributed by atoms with van der Waals surface area (Å²) < 4.78 is 5.24. The Balaban J connectivity index is 1.31. The summed E-state index contributed by atoms with van der Waals surface area (Å²) in [5, 5.41) is 3.08. The molecule has 0 spiro atoms. The van der Waals surface area contributed by atoms with Gasteiger partial charge in [0.15, 0.2) is 0 Å². The highest BCUT2D eigenvalue weighted by atomic mass is 16.5. The van der Waals surface area contributed by atoms with E-state index in [1.54, 1.807) is 7.11 Å². The minimum Gasteiger partial charge on any atom is -0.497 e. The molecule has 0 aliphatic heterocycles. The molecule has 2 aromatic carbocycles. The number of hydrogen-bond acceptors (Lipinski definition) is 4. The summed E-state index contributed by atoms with van der Waals surface area (Å²) in [7, 11) is 1.64. The molecule has 1 aliphatic rings. The van der Waals surface area contributed by atoms with Crippen LogP contribution < -0.4 is 15.6 Å². The summed E-state index contributed by atoms with van der Waals surface area (Å²) in [6.45, 7) is 0.633. The average Bonchev–Trinajstić information content (AvgIpc) is 3.05. The Morgan fingerprint density at radius 1 is 1.12 bits per heavy atom. The maximum Gasteiger partial charge on any atom is 0.254 e. The van der Waals surface area contributed by atoms with E-state index < -0.39 is 0 Å². The van der Waals surface area contributed by atoms with Gasteiger partial charge in [-0.05, 0) is 55.7 Å². The minimum atomic E-state index is -0.0446. The lowest BCUT2D eigenvalue weighted by Gasteiger charge is -2.14. The van der Waals surface area contributed by atoms with Gasteiger partial charge in [0.1, 0.15) is 11.6 Å². The van der Waals surface area contributed by atoms with Crippen molar-refractivity contribution in [1.29, 1.82) is 0 Å². The molecule has 0 fully saturated rings. The molecule has 4 rings (SSSR count). The van der Waals surface area contributed by atoms with Gasteiger partial charge in [-0.25, -0.2) is 4.98 Å². The lowest BCUT2D eigenvalue weighted by molar-refractivity contribution is -0.121. The first-order chi connectivity index (χ1) is 15.6. The van der Waals surface area contributed by atoms with Crippen molar-refractivity contribution in [1.82, 2.24) is 15.3 Å². The molecule has 1 aliphatic carbocycles. The molecule has 166 valence electrons. The average molecular weight is 432 g/mol. The van der Waals surface area contributed by atoms with Gasteiger partial charge < -0.3 is 15.0 Å². The summed E-state index contributed by atoms with van der Waals surface area (Å²) in [5.74, 6) is 1.82. The number of carbonyl (C=O) groups excluding carboxylic acids is 1. The number of fused-ring (bicyclic) bond motifs is 1. The van der Waals surface area contributed by atoms with Crippen molar-refractivity contribution in [2.75, 3.05) is 13.7 Å². The van der Waals surface area contributed by atoms with Crippen molar-refractivity contribution >= 4 is 5.91 Å². The molecule has 1 amide bonds. The molecule has 1 aromatic heterocycles. The van der Waals surface area contributed by atoms with Crippen molar-refractivity contribution in [2.24, 2.45) is 5.92 Å². The van der Waals surface area contributed by atoms with Gasteiger partial charge in [-0.3, -0.25) is 9.59 Å². The van der Waals surface area contributed by atoms with Gasteiger partial charge in [0.05, 0.1) is 12.8 Å². The van der Waals surface area contributed by atoms with E-state index in [-0.39, 0.29) is 11.5 Å². The number of carbonyl (C=O) groups is 1. The Hall–Kier alpha value is -3.41. The van der Waals surface area contributed by atoms with E-state index in [0.717, 1.165) is 47.4 Å². The third-order valence-corrected chi connectivity index (χ3v) is 6.10. The van der Waals surface area contributed by atoms with E-state index >= 15 is 0 Å². The van der Waals surface area contributed by atoms with E-state index in [1.807, 2.05) is 54.6 Å². The fourth-order valence-corrected chi connectivity index (χ4v) is 4.21. The molecule has 0 saturated carbocycles. The Morgan fingerprint density at radius 3 is 2.75 bits per heavy atom. The summed E-state index contributed by atoms with van der Waals surface area (Å²) in [5.41, 5.74) is 3.63. The Labute approximate surface area is 188 Å². The maximum atomic E-state index is 12.7. The van der Waals surface area contributed by atoms with Crippen molar-refractivity contribution in [3.05, 3.63) is 81.8 Å². The van der Waals surface area contributed by atoms with Crippen molar-refractivity contribution in [3.8, 4) is 17.1 Å². The van der Waals surface area contributed by atoms with Crippen LogP contribution in [0.5, 0.6) is 5.75 Å². The second kappa shape index (κ2) is 10.3. The van der Waals surface area contributed by atoms with Crippen LogP contribution in [0.25, 0.3) is 11.4 Å². The predicted octanol–water partition coefficient (Wildman–Crippen LogP) is 3.69. The quantitative estimate of drug-likeness (QED) is 0.559. The maximum absolute atomic E-state index is 12.7. The standard InChI is InChI=1S/C26H29N3O3/c1-32-21-9-5-6-18(16-21)12-15-24(30)27-17-19-10-13-22-23(14-11-19)28-25(29-26(22)31)20-7-3-2-4-8-20/h2-9,16,19H,10-15,17H2,1H3,(H,27,30)(H,28,29,31). The van der Waals surface area contributed by atoms with Gasteiger partial charge >= 0.3 is 0 Å². The lowest BCUT2D eigenvalue weighted by atomic mass is 9.99. The first-order valence-electron chi connectivity index (χ1n) is 11.2. The van der Waals surface area contributed by atoms with Crippen LogP contribution >= 0.6 is 0 Å². The summed E-state index contributed by atoms with van der Waals surface area (Å²) >= 11 is 0. The number of rotatable bonds is 7. The molecule has 0 bridgehead atoms. The number of aryl methyl sites for hydroxylation is 2. The number of aromatic nitrogens is 2. The van der Waals surface area contributed by atoms with Crippen molar-refractivity contribution in [2.45, 2.75) is 38.5 Å². The second-order valence-electron chi connectivity index (χ2n) is 8.30. The summed E-state index contributed by atoms with van der Waals surface area (Å²) in [6, 6.07) is 17.5. The van der Waals surface area contributed by atoms with E-state index in [0.29, 0.717) is 37.5 Å². The van der Waals surface area contributed by atoms with E-state index in [1.165, 1.54) is 0 Å². The lowest BCUT2D eigenvalue weighted by Crippen LogP contribution is -2.29. The third-order valence-electron chi connectivity index (χ3n) is 6.10. The van der Waals surface area contributed by atoms with Gasteiger partial charge in [-0.1, -0.05) is 42.5 Å². The van der Waals surface area contributed by atoms with Gasteiger partial charge in [0.25, 0.3) is 5.56 Å². The molecule has 2 N–H and O–H groups in total. The van der Waals surface area contributed by atoms with Gasteiger partial charge in [-0.2, -0.15) is 0 Å². The fourth-order valence-electron chi connectivity index (χ4n) is 4.21. The van der Waals surface area contributed by atoms with Crippen LogP contribution in [0.15, 0.2) is 59.4 Å². The SMILES string of the molecule is COc1cccc(CCC(=O)NCC2CCc3nc(-c4ccccc4)[nH]c(=O)c3CC2)c1. The zero-order chi connectivity index (χ0) is 22.3. The monoisotopic (exact) mass is 431 g/mol. The highest BCUT2D eigenvalue weighted by molar-refractivity contribution is 5.76. The number of ether oxygens (including phenoxy) is 1. The normalized spacial score (nSPS) is 15.5. The van der Waals surface area contributed by atoms with Crippen LogP contribution in [-0.4, -0.2) is 29.5 Å². The van der Waals surface area contributed by atoms with E-state index in [9.17, 15) is 9.59 Å². The smallest absolute Gasteiger partial charge is 0.254 e. The van der Waals surface area contributed by atoms with Crippen molar-refractivity contribution < 1.29 is 9.53 Å². The van der Waals surface area contributed by atoms with Crippen LogP contribution in [0.3, 0.4) is 0 Å². The van der Waals surface area contributed by atoms with Crippen LogP contribution in [0.1, 0.15) is 36.1 Å². The van der Waals surface area contributed by atoms with Gasteiger partial charge in [0.2, 0.25) is 5.91 Å².